The maximum atomic E-state index is 12.2. The fourth-order valence-corrected chi connectivity index (χ4v) is 5.05. The Kier molecular flexibility index (Phi) is 8.56. The lowest BCUT2D eigenvalue weighted by atomic mass is 10.1. The minimum absolute atomic E-state index is 0.278. The SMILES string of the molecule is O=C(Nc1ccccc1)Nc1ccc(CCNc2ncnc3oc(-c4ccc(OCCN5CCCC5)cc4)cc23)cc1. The zero-order chi connectivity index (χ0) is 28.6. The molecule has 0 radical (unpaired) electrons. The summed E-state index contributed by atoms with van der Waals surface area (Å²) in [6, 6.07) is 26.8. The third kappa shape index (κ3) is 7.05. The second kappa shape index (κ2) is 13.2. The van der Waals surface area contributed by atoms with Gasteiger partial charge in [-0.3, -0.25) is 4.90 Å². The molecule has 0 unspecified atom stereocenters. The van der Waals surface area contributed by atoms with E-state index in [9.17, 15) is 4.79 Å². The first-order chi connectivity index (χ1) is 20.7. The Morgan fingerprint density at radius 3 is 2.38 bits per heavy atom. The Labute approximate surface area is 244 Å². The van der Waals surface area contributed by atoms with E-state index in [0.29, 0.717) is 18.9 Å². The van der Waals surface area contributed by atoms with Crippen molar-refractivity contribution in [1.29, 1.82) is 0 Å². The van der Waals surface area contributed by atoms with Crippen LogP contribution in [0.3, 0.4) is 0 Å². The van der Waals surface area contributed by atoms with Crippen molar-refractivity contribution in [2.24, 2.45) is 0 Å². The largest absolute Gasteiger partial charge is 0.492 e. The minimum atomic E-state index is -0.278. The monoisotopic (exact) mass is 562 g/mol. The number of carbonyl (C=O) groups is 1. The number of rotatable bonds is 11. The van der Waals surface area contributed by atoms with E-state index in [1.807, 2.05) is 84.9 Å². The van der Waals surface area contributed by atoms with Crippen molar-refractivity contribution in [3.63, 3.8) is 0 Å². The van der Waals surface area contributed by atoms with E-state index in [1.165, 1.54) is 32.3 Å². The lowest BCUT2D eigenvalue weighted by Gasteiger charge is -2.14. The molecule has 1 aliphatic rings. The Morgan fingerprint density at radius 1 is 0.881 bits per heavy atom. The summed E-state index contributed by atoms with van der Waals surface area (Å²) in [5, 5.41) is 9.92. The van der Waals surface area contributed by atoms with Crippen LogP contribution in [0.2, 0.25) is 0 Å². The van der Waals surface area contributed by atoms with Gasteiger partial charge in [0.25, 0.3) is 0 Å². The highest BCUT2D eigenvalue weighted by Gasteiger charge is 2.13. The quantitative estimate of drug-likeness (QED) is 0.165. The molecule has 0 bridgehead atoms. The van der Waals surface area contributed by atoms with Crippen molar-refractivity contribution in [3.8, 4) is 17.1 Å². The average Bonchev–Trinajstić information content (AvgIpc) is 3.70. The van der Waals surface area contributed by atoms with E-state index < -0.39 is 0 Å². The summed E-state index contributed by atoms with van der Waals surface area (Å²) in [4.78, 5) is 23.4. The predicted molar refractivity (Wildman–Crippen MR) is 166 cm³/mol. The van der Waals surface area contributed by atoms with Crippen LogP contribution in [-0.4, -0.2) is 53.7 Å². The van der Waals surface area contributed by atoms with Crippen LogP contribution in [0, 0.1) is 0 Å². The molecule has 3 aromatic carbocycles. The molecule has 9 nitrogen and oxygen atoms in total. The Bertz CT molecular complexity index is 1600. The first-order valence-electron chi connectivity index (χ1n) is 14.4. The van der Waals surface area contributed by atoms with Crippen LogP contribution in [0.15, 0.2) is 95.7 Å². The summed E-state index contributed by atoms with van der Waals surface area (Å²) in [6.07, 6.45) is 4.87. The number of likely N-dealkylation sites (tertiary alicyclic amines) is 1. The van der Waals surface area contributed by atoms with Crippen molar-refractivity contribution in [2.45, 2.75) is 19.3 Å². The second-order valence-electron chi connectivity index (χ2n) is 10.3. The van der Waals surface area contributed by atoms with E-state index >= 15 is 0 Å². The van der Waals surface area contributed by atoms with Crippen LogP contribution in [-0.2, 0) is 6.42 Å². The van der Waals surface area contributed by atoms with Crippen molar-refractivity contribution < 1.29 is 13.9 Å². The molecule has 0 spiro atoms. The van der Waals surface area contributed by atoms with Crippen LogP contribution in [0.4, 0.5) is 22.0 Å². The third-order valence-corrected chi connectivity index (χ3v) is 7.29. The lowest BCUT2D eigenvalue weighted by Crippen LogP contribution is -2.25. The smallest absolute Gasteiger partial charge is 0.323 e. The fraction of sp³-hybridized carbons (Fsp3) is 0.242. The molecule has 3 N–H and O–H groups in total. The first-order valence-corrected chi connectivity index (χ1v) is 14.4. The summed E-state index contributed by atoms with van der Waals surface area (Å²) in [5.74, 6) is 2.32. The molecule has 0 atom stereocenters. The molecule has 2 amide bonds. The molecular formula is C33H34N6O3. The summed E-state index contributed by atoms with van der Waals surface area (Å²) in [5.41, 5.74) is 4.10. The first kappa shape index (κ1) is 27.3. The number of hydrogen-bond acceptors (Lipinski definition) is 7. The van der Waals surface area contributed by atoms with Crippen molar-refractivity contribution in [2.75, 3.05) is 48.7 Å². The van der Waals surface area contributed by atoms with Crippen LogP contribution in [0.1, 0.15) is 18.4 Å². The van der Waals surface area contributed by atoms with Gasteiger partial charge in [-0.05, 0) is 92.5 Å². The highest BCUT2D eigenvalue weighted by molar-refractivity contribution is 5.99. The summed E-state index contributed by atoms with van der Waals surface area (Å²) < 4.78 is 12.0. The Morgan fingerprint density at radius 2 is 1.62 bits per heavy atom. The van der Waals surface area contributed by atoms with Gasteiger partial charge in [-0.25, -0.2) is 14.8 Å². The van der Waals surface area contributed by atoms with Gasteiger partial charge in [-0.2, -0.15) is 0 Å². The molecule has 214 valence electrons. The number of hydrogen-bond donors (Lipinski definition) is 3. The van der Waals surface area contributed by atoms with E-state index in [-0.39, 0.29) is 6.03 Å². The lowest BCUT2D eigenvalue weighted by molar-refractivity contribution is 0.238. The van der Waals surface area contributed by atoms with Crippen LogP contribution in [0.5, 0.6) is 5.75 Å². The number of nitrogens with one attached hydrogen (secondary N) is 3. The highest BCUT2D eigenvalue weighted by atomic mass is 16.5. The number of urea groups is 1. The summed E-state index contributed by atoms with van der Waals surface area (Å²) in [7, 11) is 0. The van der Waals surface area contributed by atoms with Gasteiger partial charge in [0.15, 0.2) is 0 Å². The van der Waals surface area contributed by atoms with Crippen LogP contribution >= 0.6 is 0 Å². The number of anilines is 3. The summed E-state index contributed by atoms with van der Waals surface area (Å²) >= 11 is 0. The van der Waals surface area contributed by atoms with Crippen molar-refractivity contribution >= 4 is 34.3 Å². The van der Waals surface area contributed by atoms with Crippen molar-refractivity contribution in [1.82, 2.24) is 14.9 Å². The zero-order valence-corrected chi connectivity index (χ0v) is 23.4. The molecular weight excluding hydrogens is 528 g/mol. The second-order valence-corrected chi connectivity index (χ2v) is 10.3. The minimum Gasteiger partial charge on any atom is -0.492 e. The fourth-order valence-electron chi connectivity index (χ4n) is 5.05. The topological polar surface area (TPSA) is 105 Å². The molecule has 2 aromatic heterocycles. The van der Waals surface area contributed by atoms with Gasteiger partial charge < -0.3 is 25.1 Å². The normalized spacial score (nSPS) is 13.2. The number of para-hydroxylation sites is 1. The van der Waals surface area contributed by atoms with Crippen LogP contribution in [0.25, 0.3) is 22.4 Å². The van der Waals surface area contributed by atoms with E-state index in [0.717, 1.165) is 58.2 Å². The molecule has 1 saturated heterocycles. The van der Waals surface area contributed by atoms with Crippen molar-refractivity contribution in [3.05, 3.63) is 96.8 Å². The van der Waals surface area contributed by atoms with Gasteiger partial charge in [0.2, 0.25) is 5.71 Å². The number of nitrogens with zero attached hydrogens (tertiary/aromatic N) is 3. The zero-order valence-electron chi connectivity index (χ0n) is 23.4. The molecule has 1 aliphatic heterocycles. The van der Waals surface area contributed by atoms with Gasteiger partial charge in [0.1, 0.15) is 30.3 Å². The number of aromatic nitrogens is 2. The number of ether oxygens (including phenoxy) is 1. The number of amides is 2. The van der Waals surface area contributed by atoms with Gasteiger partial charge in [0, 0.05) is 30.0 Å². The molecule has 6 rings (SSSR count). The third-order valence-electron chi connectivity index (χ3n) is 7.29. The van der Waals surface area contributed by atoms with E-state index in [2.05, 4.69) is 30.8 Å². The van der Waals surface area contributed by atoms with E-state index in [4.69, 9.17) is 9.15 Å². The number of furan rings is 1. The standard InChI is InChI=1S/C33H34N6O3/c40-33(37-26-6-2-1-3-7-26)38-27-12-8-24(9-13-27)16-17-34-31-29-22-30(42-32(29)36-23-35-31)25-10-14-28(15-11-25)41-21-20-39-18-4-5-19-39/h1-3,6-15,22-23H,4-5,16-21H2,(H,34,35,36)(H2,37,38,40). The molecule has 5 aromatic rings. The Hall–Kier alpha value is -4.89. The Balaban J connectivity index is 1.01. The highest BCUT2D eigenvalue weighted by Crippen LogP contribution is 2.31. The molecule has 3 heterocycles. The predicted octanol–water partition coefficient (Wildman–Crippen LogP) is 6.66. The molecule has 42 heavy (non-hydrogen) atoms. The van der Waals surface area contributed by atoms with Gasteiger partial charge in [-0.15, -0.1) is 0 Å². The maximum Gasteiger partial charge on any atom is 0.323 e. The molecule has 1 fully saturated rings. The maximum absolute atomic E-state index is 12.2. The number of benzene rings is 3. The number of carbonyl (C=O) groups excluding carboxylic acids is 1. The van der Waals surface area contributed by atoms with Gasteiger partial charge in [-0.1, -0.05) is 30.3 Å². The van der Waals surface area contributed by atoms with Crippen LogP contribution < -0.4 is 20.7 Å². The molecule has 0 aliphatic carbocycles. The molecule has 9 heteroatoms. The van der Waals surface area contributed by atoms with E-state index in [1.54, 1.807) is 0 Å². The average molecular weight is 563 g/mol. The number of fused-ring (bicyclic) bond motifs is 1. The van der Waals surface area contributed by atoms with Gasteiger partial charge in [0.05, 0.1) is 5.39 Å². The molecule has 0 saturated carbocycles. The summed E-state index contributed by atoms with van der Waals surface area (Å²) in [6.45, 7) is 4.70. The van der Waals surface area contributed by atoms with Gasteiger partial charge >= 0.3 is 6.03 Å².